The van der Waals surface area contributed by atoms with Crippen molar-refractivity contribution in [2.45, 2.75) is 115 Å². The number of unbranched alkanes of at least 4 members (excludes halogenated alkanes) is 1. The minimum absolute atomic E-state index is 0.0529. The molecule has 1 aromatic rings. The monoisotopic (exact) mass is 563 g/mol. The molecule has 0 spiro atoms. The molecule has 4 N–H and O–H groups in total. The minimum Gasteiger partial charge on any atom is -0.444 e. The number of Topliss-reactive ketones (excluding diaryl/α,β-unsaturated/α-hetero) is 1. The number of nitrogens with zero attached hydrogens (tertiary/aromatic N) is 2. The van der Waals surface area contributed by atoms with E-state index >= 15 is 0 Å². The molecule has 2 saturated carbocycles. The Labute approximate surface area is 235 Å². The Kier molecular flexibility index (Phi) is 11.7. The number of hydrogen-bond donors (Lipinski definition) is 3. The van der Waals surface area contributed by atoms with Gasteiger partial charge in [0.1, 0.15) is 11.6 Å². The van der Waals surface area contributed by atoms with Gasteiger partial charge in [-0.15, -0.1) is 11.3 Å². The summed E-state index contributed by atoms with van der Waals surface area (Å²) in [6.07, 6.45) is 10.4. The van der Waals surface area contributed by atoms with Gasteiger partial charge in [0.15, 0.2) is 5.01 Å². The highest BCUT2D eigenvalue weighted by Gasteiger charge is 2.39. The lowest BCUT2D eigenvalue weighted by atomic mass is 9.84. The predicted octanol–water partition coefficient (Wildman–Crippen LogP) is 3.79. The number of hydrogen-bond acceptors (Lipinski definition) is 8. The Morgan fingerprint density at radius 1 is 1.08 bits per heavy atom. The van der Waals surface area contributed by atoms with Crippen molar-refractivity contribution >= 4 is 35.0 Å². The Morgan fingerprint density at radius 3 is 2.38 bits per heavy atom. The average Bonchev–Trinajstić information content (AvgIpc) is 3.57. The number of thiazole rings is 1. The van der Waals surface area contributed by atoms with Gasteiger partial charge in [0.2, 0.25) is 17.6 Å². The number of carbonyl (C=O) groups excluding carboxylic acids is 4. The molecule has 2 fully saturated rings. The molecule has 3 amide bonds. The molecule has 2 aliphatic carbocycles. The third-order valence-corrected chi connectivity index (χ3v) is 7.90. The van der Waals surface area contributed by atoms with Crippen LogP contribution in [0.2, 0.25) is 0 Å². The lowest BCUT2D eigenvalue weighted by Gasteiger charge is -2.32. The van der Waals surface area contributed by atoms with E-state index in [0.717, 1.165) is 44.9 Å². The first kappa shape index (κ1) is 31.0. The van der Waals surface area contributed by atoms with E-state index in [1.165, 1.54) is 17.8 Å². The van der Waals surface area contributed by atoms with Gasteiger partial charge in [-0.3, -0.25) is 14.4 Å². The Bertz CT molecular complexity index is 954. The van der Waals surface area contributed by atoms with Crippen LogP contribution in [0.3, 0.4) is 0 Å². The fourth-order valence-electron chi connectivity index (χ4n) is 5.05. The summed E-state index contributed by atoms with van der Waals surface area (Å²) in [5.74, 6) is -0.566. The van der Waals surface area contributed by atoms with Crippen LogP contribution in [0.1, 0.15) is 101 Å². The van der Waals surface area contributed by atoms with Crippen LogP contribution in [0.25, 0.3) is 0 Å². The SMILES string of the molecule is CC(C)(C)OC(=O)N[C@H](CC1CCCCC1)C(=O)N(CC(=O)N[C@@H](CCCCN)C(=O)c1nccs1)C1CC1. The van der Waals surface area contributed by atoms with Crippen molar-refractivity contribution in [2.75, 3.05) is 13.1 Å². The molecule has 2 aliphatic rings. The van der Waals surface area contributed by atoms with Crippen molar-refractivity contribution in [3.63, 3.8) is 0 Å². The summed E-state index contributed by atoms with van der Waals surface area (Å²) in [6, 6.07) is -1.55. The summed E-state index contributed by atoms with van der Waals surface area (Å²) in [6.45, 7) is 5.68. The normalized spacial score (nSPS) is 17.6. The topological polar surface area (TPSA) is 144 Å². The van der Waals surface area contributed by atoms with Crippen LogP contribution in [0.15, 0.2) is 11.6 Å². The second-order valence-corrected chi connectivity index (χ2v) is 12.6. The van der Waals surface area contributed by atoms with Crippen molar-refractivity contribution < 1.29 is 23.9 Å². The molecule has 0 aromatic carbocycles. The highest BCUT2D eigenvalue weighted by atomic mass is 32.1. The van der Waals surface area contributed by atoms with E-state index in [2.05, 4.69) is 15.6 Å². The molecule has 2 atom stereocenters. The largest absolute Gasteiger partial charge is 0.444 e. The van der Waals surface area contributed by atoms with E-state index in [1.54, 1.807) is 37.2 Å². The van der Waals surface area contributed by atoms with E-state index in [9.17, 15) is 19.2 Å². The Hall–Kier alpha value is -2.53. The number of carbonyl (C=O) groups is 4. The summed E-state index contributed by atoms with van der Waals surface area (Å²) in [5, 5.41) is 7.74. The zero-order valence-corrected chi connectivity index (χ0v) is 24.4. The molecule has 39 heavy (non-hydrogen) atoms. The fraction of sp³-hybridized carbons (Fsp3) is 0.750. The van der Waals surface area contributed by atoms with Crippen LogP contribution in [-0.2, 0) is 14.3 Å². The maximum Gasteiger partial charge on any atom is 0.408 e. The average molecular weight is 564 g/mol. The van der Waals surface area contributed by atoms with Crippen molar-refractivity contribution in [3.8, 4) is 0 Å². The molecular weight excluding hydrogens is 518 g/mol. The molecule has 0 aliphatic heterocycles. The standard InChI is InChI=1S/C28H45N5O5S/c1-28(2,3)38-27(37)32-22(17-19-9-5-4-6-10-19)26(36)33(20-12-13-20)18-23(34)31-21(11-7-8-14-29)24(35)25-30-15-16-39-25/h15-16,19-22H,4-14,17-18,29H2,1-3H3,(H,31,34)(H,32,37)/t21-,22+/m0/s1. The van der Waals surface area contributed by atoms with Gasteiger partial charge in [-0.05, 0) is 71.8 Å². The molecule has 0 bridgehead atoms. The molecule has 10 nitrogen and oxygen atoms in total. The van der Waals surface area contributed by atoms with Crippen molar-refractivity contribution in [1.29, 1.82) is 0 Å². The van der Waals surface area contributed by atoms with Crippen molar-refractivity contribution in [3.05, 3.63) is 16.6 Å². The van der Waals surface area contributed by atoms with Crippen LogP contribution < -0.4 is 16.4 Å². The van der Waals surface area contributed by atoms with Crippen LogP contribution in [0.4, 0.5) is 4.79 Å². The highest BCUT2D eigenvalue weighted by Crippen LogP contribution is 2.31. The van der Waals surface area contributed by atoms with Gasteiger partial charge in [-0.25, -0.2) is 9.78 Å². The van der Waals surface area contributed by atoms with Gasteiger partial charge < -0.3 is 26.0 Å². The van der Waals surface area contributed by atoms with Crippen LogP contribution in [-0.4, -0.2) is 70.4 Å². The van der Waals surface area contributed by atoms with E-state index in [-0.39, 0.29) is 24.3 Å². The maximum atomic E-state index is 13.8. The van der Waals surface area contributed by atoms with Crippen LogP contribution in [0.5, 0.6) is 0 Å². The smallest absolute Gasteiger partial charge is 0.408 e. The van der Waals surface area contributed by atoms with Gasteiger partial charge in [-0.2, -0.15) is 0 Å². The molecule has 218 valence electrons. The first-order valence-electron chi connectivity index (χ1n) is 14.3. The minimum atomic E-state index is -0.770. The first-order valence-corrected chi connectivity index (χ1v) is 15.2. The quantitative estimate of drug-likeness (QED) is 0.231. The highest BCUT2D eigenvalue weighted by molar-refractivity contribution is 7.11. The number of ether oxygens (including phenoxy) is 1. The number of amides is 3. The molecule has 0 saturated heterocycles. The zero-order valence-electron chi connectivity index (χ0n) is 23.6. The summed E-state index contributed by atoms with van der Waals surface area (Å²) in [7, 11) is 0. The van der Waals surface area contributed by atoms with Gasteiger partial charge >= 0.3 is 6.09 Å². The van der Waals surface area contributed by atoms with Gasteiger partial charge in [0, 0.05) is 17.6 Å². The molecule has 11 heteroatoms. The van der Waals surface area contributed by atoms with E-state index < -0.39 is 29.7 Å². The second kappa shape index (κ2) is 14.7. The van der Waals surface area contributed by atoms with Gasteiger partial charge in [0.25, 0.3) is 0 Å². The number of nitrogens with two attached hydrogens (primary N) is 1. The summed E-state index contributed by atoms with van der Waals surface area (Å²) in [4.78, 5) is 58.4. The number of nitrogens with one attached hydrogen (secondary N) is 2. The predicted molar refractivity (Wildman–Crippen MR) is 150 cm³/mol. The van der Waals surface area contributed by atoms with Gasteiger partial charge in [0.05, 0.1) is 12.6 Å². The molecule has 1 heterocycles. The molecular formula is C28H45N5O5S. The number of alkyl carbamates (subject to hydrolysis) is 1. The summed E-state index contributed by atoms with van der Waals surface area (Å²) >= 11 is 1.24. The molecule has 0 radical (unpaired) electrons. The third-order valence-electron chi connectivity index (χ3n) is 7.11. The summed E-state index contributed by atoms with van der Waals surface area (Å²) in [5.41, 5.74) is 4.93. The van der Waals surface area contributed by atoms with Crippen molar-refractivity contribution in [2.24, 2.45) is 11.7 Å². The number of aromatic nitrogens is 1. The molecule has 3 rings (SSSR count). The van der Waals surface area contributed by atoms with E-state index in [1.807, 2.05) is 0 Å². The second-order valence-electron chi connectivity index (χ2n) is 11.7. The maximum absolute atomic E-state index is 13.8. The lowest BCUT2D eigenvalue weighted by molar-refractivity contribution is -0.139. The van der Waals surface area contributed by atoms with E-state index in [0.29, 0.717) is 36.7 Å². The zero-order chi connectivity index (χ0) is 28.4. The van der Waals surface area contributed by atoms with Crippen LogP contribution in [0, 0.1) is 5.92 Å². The summed E-state index contributed by atoms with van der Waals surface area (Å²) < 4.78 is 5.45. The van der Waals surface area contributed by atoms with Gasteiger partial charge in [-0.1, -0.05) is 32.1 Å². The van der Waals surface area contributed by atoms with Crippen molar-refractivity contribution in [1.82, 2.24) is 20.5 Å². The van der Waals surface area contributed by atoms with Crippen LogP contribution >= 0.6 is 11.3 Å². The van der Waals surface area contributed by atoms with E-state index in [4.69, 9.17) is 10.5 Å². The Morgan fingerprint density at radius 2 is 1.79 bits per heavy atom. The third kappa shape index (κ3) is 10.5. The molecule has 1 aromatic heterocycles. The Balaban J connectivity index is 1.70. The molecule has 0 unspecified atom stereocenters. The number of rotatable bonds is 14. The lowest BCUT2D eigenvalue weighted by Crippen LogP contribution is -2.54. The fourth-order valence-corrected chi connectivity index (χ4v) is 5.68. The number of ketones is 1. The first-order chi connectivity index (χ1) is 18.6.